The van der Waals surface area contributed by atoms with E-state index in [1.807, 2.05) is 12.1 Å². The molecule has 0 radical (unpaired) electrons. The fourth-order valence-electron chi connectivity index (χ4n) is 2.08. The second kappa shape index (κ2) is 3.52. The number of benzene rings is 1. The summed E-state index contributed by atoms with van der Waals surface area (Å²) in [5.41, 5.74) is 1.84. The molecule has 15 heavy (non-hydrogen) atoms. The normalized spacial score (nSPS) is 18.9. The molecule has 1 atom stereocenters. The highest BCUT2D eigenvalue weighted by molar-refractivity contribution is 5.32. The van der Waals surface area contributed by atoms with Gasteiger partial charge >= 0.3 is 6.18 Å². The van der Waals surface area contributed by atoms with E-state index in [2.05, 4.69) is 0 Å². The summed E-state index contributed by atoms with van der Waals surface area (Å²) in [6.07, 6.45) is -6.08. The lowest BCUT2D eigenvalue weighted by Crippen LogP contribution is -2.36. The first-order valence-electron chi connectivity index (χ1n) is 4.80. The minimum atomic E-state index is -4.51. The summed E-state index contributed by atoms with van der Waals surface area (Å²) in [5.74, 6) is -0.720. The maximum absolute atomic E-state index is 12.3. The maximum atomic E-state index is 12.3. The Morgan fingerprint density at radius 1 is 1.13 bits per heavy atom. The van der Waals surface area contributed by atoms with Crippen LogP contribution < -0.4 is 0 Å². The van der Waals surface area contributed by atoms with Crippen LogP contribution in [0.4, 0.5) is 13.2 Å². The zero-order valence-corrected chi connectivity index (χ0v) is 7.96. The van der Waals surface area contributed by atoms with Crippen LogP contribution in [-0.2, 0) is 12.8 Å². The summed E-state index contributed by atoms with van der Waals surface area (Å²) >= 11 is 0. The summed E-state index contributed by atoms with van der Waals surface area (Å²) in [4.78, 5) is 0. The van der Waals surface area contributed by atoms with Gasteiger partial charge in [0.1, 0.15) is 0 Å². The van der Waals surface area contributed by atoms with Gasteiger partial charge in [0.2, 0.25) is 0 Å². The van der Waals surface area contributed by atoms with Gasteiger partial charge in [-0.05, 0) is 24.0 Å². The second-order valence-corrected chi connectivity index (χ2v) is 3.92. The molecule has 0 unspecified atom stereocenters. The average Bonchev–Trinajstić information content (AvgIpc) is 2.58. The molecule has 2 rings (SSSR count). The van der Waals surface area contributed by atoms with Gasteiger partial charge in [-0.25, -0.2) is 0 Å². The van der Waals surface area contributed by atoms with E-state index in [-0.39, 0.29) is 0 Å². The van der Waals surface area contributed by atoms with Crippen molar-refractivity contribution in [1.82, 2.24) is 0 Å². The fraction of sp³-hybridized carbons (Fsp3) is 0.455. The standard InChI is InChI=1S/C11H11F3O/c12-11(13,14)10(15)9-5-7-3-1-2-4-8(7)6-9/h1-4,9-10,15H,5-6H2/t10-/m0/s1. The SMILES string of the molecule is O[C@@H](C1Cc2ccccc2C1)C(F)(F)F. The van der Waals surface area contributed by atoms with E-state index < -0.39 is 18.2 Å². The van der Waals surface area contributed by atoms with Crippen molar-refractivity contribution in [3.05, 3.63) is 35.4 Å². The van der Waals surface area contributed by atoms with E-state index in [0.717, 1.165) is 11.1 Å². The highest BCUT2D eigenvalue weighted by atomic mass is 19.4. The van der Waals surface area contributed by atoms with Crippen molar-refractivity contribution in [3.63, 3.8) is 0 Å². The van der Waals surface area contributed by atoms with Crippen molar-refractivity contribution in [2.24, 2.45) is 5.92 Å². The average molecular weight is 216 g/mol. The van der Waals surface area contributed by atoms with E-state index in [4.69, 9.17) is 5.11 Å². The van der Waals surface area contributed by atoms with E-state index >= 15 is 0 Å². The Morgan fingerprint density at radius 3 is 2.00 bits per heavy atom. The smallest absolute Gasteiger partial charge is 0.383 e. The van der Waals surface area contributed by atoms with Crippen molar-refractivity contribution in [1.29, 1.82) is 0 Å². The second-order valence-electron chi connectivity index (χ2n) is 3.92. The molecule has 0 saturated heterocycles. The predicted molar refractivity (Wildman–Crippen MR) is 49.4 cm³/mol. The zero-order chi connectivity index (χ0) is 11.1. The predicted octanol–water partition coefficient (Wildman–Crippen LogP) is 2.32. The zero-order valence-electron chi connectivity index (χ0n) is 7.96. The Hall–Kier alpha value is -1.03. The van der Waals surface area contributed by atoms with Crippen LogP contribution in [0, 0.1) is 5.92 Å². The van der Waals surface area contributed by atoms with E-state index in [1.165, 1.54) is 0 Å². The van der Waals surface area contributed by atoms with Crippen LogP contribution in [0.3, 0.4) is 0 Å². The molecular formula is C11H11F3O. The number of hydrogen-bond donors (Lipinski definition) is 1. The quantitative estimate of drug-likeness (QED) is 0.763. The summed E-state index contributed by atoms with van der Waals surface area (Å²) < 4.78 is 36.8. The van der Waals surface area contributed by atoms with Crippen LogP contribution in [0.25, 0.3) is 0 Å². The molecule has 0 bridgehead atoms. The summed E-state index contributed by atoms with van der Waals surface area (Å²) in [6, 6.07) is 7.25. The maximum Gasteiger partial charge on any atom is 0.414 e. The molecule has 0 fully saturated rings. The Morgan fingerprint density at radius 2 is 1.60 bits per heavy atom. The molecule has 1 aromatic rings. The number of hydrogen-bond acceptors (Lipinski definition) is 1. The Labute approximate surface area is 85.5 Å². The molecule has 0 spiro atoms. The van der Waals surface area contributed by atoms with Gasteiger partial charge in [-0.15, -0.1) is 0 Å². The van der Waals surface area contributed by atoms with E-state index in [1.54, 1.807) is 12.1 Å². The molecule has 0 aromatic heterocycles. The highest BCUT2D eigenvalue weighted by Crippen LogP contribution is 2.35. The molecule has 1 aromatic carbocycles. The molecule has 1 nitrogen and oxygen atoms in total. The third-order valence-corrected chi connectivity index (χ3v) is 2.86. The van der Waals surface area contributed by atoms with Crippen molar-refractivity contribution in [2.45, 2.75) is 25.1 Å². The van der Waals surface area contributed by atoms with E-state index in [0.29, 0.717) is 12.8 Å². The molecule has 82 valence electrons. The molecule has 0 amide bonds. The van der Waals surface area contributed by atoms with Gasteiger partial charge in [0.25, 0.3) is 0 Å². The summed E-state index contributed by atoms with van der Waals surface area (Å²) in [7, 11) is 0. The molecule has 4 heteroatoms. The molecule has 1 aliphatic rings. The summed E-state index contributed by atoms with van der Waals surface area (Å²) in [5, 5.41) is 9.13. The van der Waals surface area contributed by atoms with Gasteiger partial charge < -0.3 is 5.11 Å². The third kappa shape index (κ3) is 2.00. The van der Waals surface area contributed by atoms with Gasteiger partial charge in [0, 0.05) is 5.92 Å². The van der Waals surface area contributed by atoms with Crippen molar-refractivity contribution < 1.29 is 18.3 Å². The Bertz CT molecular complexity index is 334. The van der Waals surface area contributed by atoms with E-state index in [9.17, 15) is 13.2 Å². The first kappa shape index (κ1) is 10.5. The lowest BCUT2D eigenvalue weighted by Gasteiger charge is -2.20. The summed E-state index contributed by atoms with van der Waals surface area (Å²) in [6.45, 7) is 0. The third-order valence-electron chi connectivity index (χ3n) is 2.86. The van der Waals surface area contributed by atoms with Crippen LogP contribution in [-0.4, -0.2) is 17.4 Å². The lowest BCUT2D eigenvalue weighted by atomic mass is 9.99. The number of rotatable bonds is 1. The highest BCUT2D eigenvalue weighted by Gasteiger charge is 2.45. The number of fused-ring (bicyclic) bond motifs is 1. The van der Waals surface area contributed by atoms with Crippen LogP contribution in [0.2, 0.25) is 0 Å². The van der Waals surface area contributed by atoms with Gasteiger partial charge in [-0.1, -0.05) is 24.3 Å². The van der Waals surface area contributed by atoms with Crippen LogP contribution >= 0.6 is 0 Å². The largest absolute Gasteiger partial charge is 0.414 e. The molecular weight excluding hydrogens is 205 g/mol. The molecule has 1 aliphatic carbocycles. The number of halogens is 3. The van der Waals surface area contributed by atoms with Crippen LogP contribution in [0.5, 0.6) is 0 Å². The van der Waals surface area contributed by atoms with Gasteiger partial charge in [-0.3, -0.25) is 0 Å². The van der Waals surface area contributed by atoms with Crippen molar-refractivity contribution in [2.75, 3.05) is 0 Å². The monoisotopic (exact) mass is 216 g/mol. The van der Waals surface area contributed by atoms with Gasteiger partial charge in [0.05, 0.1) is 0 Å². The molecule has 0 aliphatic heterocycles. The minimum absolute atomic E-state index is 0.316. The topological polar surface area (TPSA) is 20.2 Å². The molecule has 0 saturated carbocycles. The number of alkyl halides is 3. The van der Waals surface area contributed by atoms with Crippen molar-refractivity contribution in [3.8, 4) is 0 Å². The molecule has 0 heterocycles. The van der Waals surface area contributed by atoms with Crippen LogP contribution in [0.1, 0.15) is 11.1 Å². The van der Waals surface area contributed by atoms with Crippen LogP contribution in [0.15, 0.2) is 24.3 Å². The first-order valence-corrected chi connectivity index (χ1v) is 4.80. The molecule has 1 N–H and O–H groups in total. The van der Waals surface area contributed by atoms with Crippen molar-refractivity contribution >= 4 is 0 Å². The minimum Gasteiger partial charge on any atom is -0.383 e. The number of aliphatic hydroxyl groups excluding tert-OH is 1. The fourth-order valence-corrected chi connectivity index (χ4v) is 2.08. The van der Waals surface area contributed by atoms with Gasteiger partial charge in [0.15, 0.2) is 6.10 Å². The Balaban J connectivity index is 2.14. The Kier molecular flexibility index (Phi) is 2.46. The van der Waals surface area contributed by atoms with Gasteiger partial charge in [-0.2, -0.15) is 13.2 Å². The first-order chi connectivity index (χ1) is 6.98. The lowest BCUT2D eigenvalue weighted by molar-refractivity contribution is -0.218. The number of aliphatic hydroxyl groups is 1.